The van der Waals surface area contributed by atoms with Crippen LogP contribution in [0.3, 0.4) is 0 Å². The summed E-state index contributed by atoms with van der Waals surface area (Å²) in [5, 5.41) is 1.47. The number of halogens is 2. The Labute approximate surface area is 175 Å². The molecule has 0 aliphatic rings. The Balaban J connectivity index is 1.73. The predicted octanol–water partition coefficient (Wildman–Crippen LogP) is 5.89. The minimum Gasteiger partial charge on any atom is -0.491 e. The summed E-state index contributed by atoms with van der Waals surface area (Å²) in [6, 6.07) is 7.87. The normalized spacial score (nSPS) is 11.2. The fourth-order valence-corrected chi connectivity index (χ4v) is 3.34. The molecule has 0 atom stereocenters. The molecule has 0 amide bonds. The van der Waals surface area contributed by atoms with Gasteiger partial charge in [-0.3, -0.25) is 4.79 Å². The molecule has 3 aromatic rings. The number of nitrogens with one attached hydrogen (secondary N) is 1. The van der Waals surface area contributed by atoms with Crippen LogP contribution in [0.25, 0.3) is 10.9 Å². The van der Waals surface area contributed by atoms with E-state index in [2.05, 4.69) is 11.9 Å². The van der Waals surface area contributed by atoms with Crippen LogP contribution < -0.4 is 4.74 Å². The maximum Gasteiger partial charge on any atom is 0.169 e. The van der Waals surface area contributed by atoms with E-state index in [1.807, 2.05) is 13.0 Å². The van der Waals surface area contributed by atoms with E-state index in [1.165, 1.54) is 12.1 Å². The zero-order valence-electron chi connectivity index (χ0n) is 16.7. The number of unbranched alkanes of at least 4 members (excludes halogenated alkanes) is 1. The molecule has 0 aliphatic heterocycles. The number of carbonyl (C=O) groups excluding carboxylic acids is 1. The standard InChI is InChI=1S/C23H25ClFNO3/c1-3-4-9-28-10-11-29-22-13-17(25)6-5-16(22)12-21(27)19-14-26-23-15(2)20(24)8-7-18(19)23/h5-8,13-14,26H,3-4,9-12H2,1-2H3. The van der Waals surface area contributed by atoms with Crippen molar-refractivity contribution in [3.63, 3.8) is 0 Å². The molecular weight excluding hydrogens is 393 g/mol. The molecule has 154 valence electrons. The number of benzene rings is 2. The van der Waals surface area contributed by atoms with Crippen molar-refractivity contribution in [2.75, 3.05) is 19.8 Å². The lowest BCUT2D eigenvalue weighted by molar-refractivity contribution is 0.0963. The number of Topliss-reactive ketones (excluding diaryl/α,β-unsaturated/α-hetero) is 1. The van der Waals surface area contributed by atoms with Crippen LogP contribution >= 0.6 is 11.6 Å². The second-order valence-electron chi connectivity index (χ2n) is 6.96. The molecule has 0 radical (unpaired) electrons. The molecule has 1 heterocycles. The Hall–Kier alpha value is -2.37. The number of carbonyl (C=O) groups is 1. The highest BCUT2D eigenvalue weighted by atomic mass is 35.5. The molecule has 29 heavy (non-hydrogen) atoms. The molecule has 0 saturated carbocycles. The van der Waals surface area contributed by atoms with Crippen LogP contribution in [-0.2, 0) is 11.2 Å². The van der Waals surface area contributed by atoms with Gasteiger partial charge in [-0.25, -0.2) is 4.39 Å². The van der Waals surface area contributed by atoms with Crippen molar-refractivity contribution in [1.82, 2.24) is 4.98 Å². The maximum absolute atomic E-state index is 13.7. The van der Waals surface area contributed by atoms with E-state index < -0.39 is 5.82 Å². The Kier molecular flexibility index (Phi) is 7.29. The van der Waals surface area contributed by atoms with Crippen molar-refractivity contribution >= 4 is 28.3 Å². The molecule has 0 bridgehead atoms. The molecule has 0 saturated heterocycles. The third-order valence-electron chi connectivity index (χ3n) is 4.86. The lowest BCUT2D eigenvalue weighted by Gasteiger charge is -2.12. The lowest BCUT2D eigenvalue weighted by atomic mass is 10.0. The Morgan fingerprint density at radius 1 is 1.17 bits per heavy atom. The number of ketones is 1. The van der Waals surface area contributed by atoms with E-state index >= 15 is 0 Å². The van der Waals surface area contributed by atoms with Crippen LogP contribution in [0.1, 0.15) is 41.3 Å². The van der Waals surface area contributed by atoms with Crippen molar-refractivity contribution < 1.29 is 18.7 Å². The van der Waals surface area contributed by atoms with Crippen molar-refractivity contribution in [3.8, 4) is 5.75 Å². The first-order valence-electron chi connectivity index (χ1n) is 9.79. The summed E-state index contributed by atoms with van der Waals surface area (Å²) in [4.78, 5) is 16.1. The first-order chi connectivity index (χ1) is 14.0. The zero-order valence-corrected chi connectivity index (χ0v) is 17.4. The second-order valence-corrected chi connectivity index (χ2v) is 7.37. The van der Waals surface area contributed by atoms with Crippen molar-refractivity contribution in [3.05, 3.63) is 64.1 Å². The molecule has 3 rings (SSSR count). The van der Waals surface area contributed by atoms with Gasteiger partial charge in [0.15, 0.2) is 5.78 Å². The second kappa shape index (κ2) is 9.90. The zero-order chi connectivity index (χ0) is 20.8. The fourth-order valence-electron chi connectivity index (χ4n) is 3.19. The molecule has 4 nitrogen and oxygen atoms in total. The van der Waals surface area contributed by atoms with E-state index in [-0.39, 0.29) is 12.2 Å². The highest BCUT2D eigenvalue weighted by molar-refractivity contribution is 6.32. The van der Waals surface area contributed by atoms with Gasteiger partial charge in [0.1, 0.15) is 18.2 Å². The number of ether oxygens (including phenoxy) is 2. The average molecular weight is 418 g/mol. The van der Waals surface area contributed by atoms with Gasteiger partial charge in [0.2, 0.25) is 0 Å². The largest absolute Gasteiger partial charge is 0.491 e. The highest BCUT2D eigenvalue weighted by Crippen LogP contribution is 2.29. The highest BCUT2D eigenvalue weighted by Gasteiger charge is 2.17. The lowest BCUT2D eigenvalue weighted by Crippen LogP contribution is -2.10. The minimum atomic E-state index is -0.402. The Morgan fingerprint density at radius 2 is 2.00 bits per heavy atom. The Bertz CT molecular complexity index is 999. The van der Waals surface area contributed by atoms with Gasteiger partial charge < -0.3 is 14.5 Å². The number of H-pyrrole nitrogens is 1. The van der Waals surface area contributed by atoms with E-state index in [0.717, 1.165) is 29.3 Å². The van der Waals surface area contributed by atoms with Gasteiger partial charge in [-0.05, 0) is 31.0 Å². The van der Waals surface area contributed by atoms with Gasteiger partial charge in [0, 0.05) is 46.8 Å². The average Bonchev–Trinajstić information content (AvgIpc) is 3.14. The first-order valence-corrected chi connectivity index (χ1v) is 10.2. The summed E-state index contributed by atoms with van der Waals surface area (Å²) in [5.74, 6) is -0.106. The number of aromatic nitrogens is 1. The van der Waals surface area contributed by atoms with Gasteiger partial charge >= 0.3 is 0 Å². The van der Waals surface area contributed by atoms with Crippen LogP contribution in [0.4, 0.5) is 4.39 Å². The fraction of sp³-hybridized carbons (Fsp3) is 0.348. The third kappa shape index (κ3) is 5.17. The summed E-state index contributed by atoms with van der Waals surface area (Å²) in [6.07, 6.45) is 3.87. The quantitative estimate of drug-likeness (QED) is 0.330. The number of hydrogen-bond acceptors (Lipinski definition) is 3. The van der Waals surface area contributed by atoms with E-state index in [9.17, 15) is 9.18 Å². The van der Waals surface area contributed by atoms with Crippen LogP contribution in [-0.4, -0.2) is 30.6 Å². The molecule has 1 aromatic heterocycles. The van der Waals surface area contributed by atoms with Crippen LogP contribution in [0.5, 0.6) is 5.75 Å². The van der Waals surface area contributed by atoms with Gasteiger partial charge in [0.05, 0.1) is 12.1 Å². The van der Waals surface area contributed by atoms with Gasteiger partial charge in [-0.1, -0.05) is 37.1 Å². The number of hydrogen-bond donors (Lipinski definition) is 1. The maximum atomic E-state index is 13.7. The summed E-state index contributed by atoms with van der Waals surface area (Å²) < 4.78 is 24.9. The predicted molar refractivity (Wildman–Crippen MR) is 114 cm³/mol. The monoisotopic (exact) mass is 417 g/mol. The summed E-state index contributed by atoms with van der Waals surface area (Å²) in [7, 11) is 0. The number of rotatable bonds is 10. The van der Waals surface area contributed by atoms with Gasteiger partial charge in [-0.15, -0.1) is 0 Å². The molecule has 1 N–H and O–H groups in total. The molecule has 0 unspecified atom stereocenters. The molecule has 6 heteroatoms. The summed E-state index contributed by atoms with van der Waals surface area (Å²) in [6.45, 7) is 5.41. The van der Waals surface area contributed by atoms with E-state index in [1.54, 1.807) is 18.3 Å². The number of aromatic amines is 1. The van der Waals surface area contributed by atoms with E-state index in [0.29, 0.717) is 41.7 Å². The number of aryl methyl sites for hydroxylation is 1. The minimum absolute atomic E-state index is 0.0753. The SMILES string of the molecule is CCCCOCCOc1cc(F)ccc1CC(=O)c1c[nH]c2c(C)c(Cl)ccc12. The van der Waals surface area contributed by atoms with Gasteiger partial charge in [-0.2, -0.15) is 0 Å². The molecule has 2 aromatic carbocycles. The number of fused-ring (bicyclic) bond motifs is 1. The summed E-state index contributed by atoms with van der Waals surface area (Å²) in [5.41, 5.74) is 2.97. The van der Waals surface area contributed by atoms with E-state index in [4.69, 9.17) is 21.1 Å². The first kappa shape index (κ1) is 21.3. The van der Waals surface area contributed by atoms with Crippen LogP contribution in [0, 0.1) is 12.7 Å². The molecule has 0 aliphatic carbocycles. The van der Waals surface area contributed by atoms with Crippen molar-refractivity contribution in [2.24, 2.45) is 0 Å². The summed E-state index contributed by atoms with van der Waals surface area (Å²) >= 11 is 6.16. The molecule has 0 fully saturated rings. The van der Waals surface area contributed by atoms with Crippen molar-refractivity contribution in [1.29, 1.82) is 0 Å². The topological polar surface area (TPSA) is 51.3 Å². The van der Waals surface area contributed by atoms with Crippen LogP contribution in [0.2, 0.25) is 5.02 Å². The smallest absolute Gasteiger partial charge is 0.169 e. The molecule has 0 spiro atoms. The molecular formula is C23H25ClFNO3. The Morgan fingerprint density at radius 3 is 2.79 bits per heavy atom. The van der Waals surface area contributed by atoms with Gasteiger partial charge in [0.25, 0.3) is 0 Å². The van der Waals surface area contributed by atoms with Crippen LogP contribution in [0.15, 0.2) is 36.5 Å². The third-order valence-corrected chi connectivity index (χ3v) is 5.27. The van der Waals surface area contributed by atoms with Crippen molar-refractivity contribution in [2.45, 2.75) is 33.1 Å².